The van der Waals surface area contributed by atoms with Gasteiger partial charge in [-0.2, -0.15) is 0 Å². The van der Waals surface area contributed by atoms with E-state index in [0.717, 1.165) is 28.2 Å². The largest absolute Gasteiger partial charge is 0.538 e. The van der Waals surface area contributed by atoms with E-state index in [0.29, 0.717) is 5.03 Å². The lowest BCUT2D eigenvalue weighted by molar-refractivity contribution is -0.772. The molecule has 0 radical (unpaired) electrons. The minimum Gasteiger partial charge on any atom is -0.538 e. The highest BCUT2D eigenvalue weighted by Gasteiger charge is 2.22. The smallest absolute Gasteiger partial charge is 0.291 e. The Morgan fingerprint density at radius 2 is 2.04 bits per heavy atom. The fourth-order valence-corrected chi connectivity index (χ4v) is 2.98. The molecule has 2 aromatic carbocycles. The summed E-state index contributed by atoms with van der Waals surface area (Å²) in [6.45, 7) is 1.73. The normalized spacial score (nSPS) is 12.3. The minimum absolute atomic E-state index is 0.189. The van der Waals surface area contributed by atoms with Gasteiger partial charge in [-0.3, -0.25) is 4.79 Å². The summed E-state index contributed by atoms with van der Waals surface area (Å²) in [6.07, 6.45) is 0. The Morgan fingerprint density at radius 1 is 1.30 bits per heavy atom. The Kier molecular flexibility index (Phi) is 4.20. The molecule has 0 bridgehead atoms. The molecule has 0 fully saturated rings. The van der Waals surface area contributed by atoms with Gasteiger partial charge in [-0.1, -0.05) is 35.0 Å². The minimum atomic E-state index is -0.539. The molecule has 0 saturated carbocycles. The third-order valence-corrected chi connectivity index (χ3v) is 4.61. The Bertz CT molecular complexity index is 843. The highest BCUT2D eigenvalue weighted by molar-refractivity contribution is 8.00. The molecule has 0 aliphatic carbocycles. The number of aromatic nitrogens is 2. The molecule has 1 unspecified atom stereocenters. The van der Waals surface area contributed by atoms with E-state index in [1.165, 1.54) is 4.68 Å². The summed E-state index contributed by atoms with van der Waals surface area (Å²) in [5.41, 5.74) is 0.721. The van der Waals surface area contributed by atoms with Crippen LogP contribution in [-0.2, 0) is 11.8 Å². The lowest BCUT2D eigenvalue weighted by Gasteiger charge is -2.11. The summed E-state index contributed by atoms with van der Waals surface area (Å²) in [5, 5.41) is 19.9. The molecule has 0 spiro atoms. The molecule has 6 nitrogen and oxygen atoms in total. The van der Waals surface area contributed by atoms with Gasteiger partial charge in [-0.15, -0.1) is 0 Å². The van der Waals surface area contributed by atoms with Crippen molar-refractivity contribution in [3.8, 4) is 5.95 Å². The van der Waals surface area contributed by atoms with Crippen molar-refractivity contribution in [2.24, 2.45) is 7.05 Å². The van der Waals surface area contributed by atoms with Gasteiger partial charge in [0.1, 0.15) is 0 Å². The Labute approximate surface area is 137 Å². The topological polar surface area (TPSA) is 82.1 Å². The van der Waals surface area contributed by atoms with Crippen LogP contribution in [0.2, 0.25) is 0 Å². The highest BCUT2D eigenvalue weighted by Crippen LogP contribution is 2.27. The summed E-state index contributed by atoms with van der Waals surface area (Å²) >= 11 is 1.12. The van der Waals surface area contributed by atoms with E-state index in [9.17, 15) is 9.90 Å². The Morgan fingerprint density at radius 3 is 2.74 bits per heavy atom. The summed E-state index contributed by atoms with van der Waals surface area (Å²) in [5.74, 6) is -0.728. The third-order valence-electron chi connectivity index (χ3n) is 3.39. The summed E-state index contributed by atoms with van der Waals surface area (Å²) in [7, 11) is 1.60. The van der Waals surface area contributed by atoms with Gasteiger partial charge in [0, 0.05) is 5.69 Å². The number of thioether (sulfide) groups is 1. The van der Waals surface area contributed by atoms with Crippen molar-refractivity contribution in [1.82, 2.24) is 5.27 Å². The lowest BCUT2D eigenvalue weighted by Crippen LogP contribution is -2.33. The van der Waals surface area contributed by atoms with Crippen LogP contribution in [0.5, 0.6) is 5.95 Å². The number of anilines is 1. The van der Waals surface area contributed by atoms with Gasteiger partial charge >= 0.3 is 0 Å². The van der Waals surface area contributed by atoms with Crippen LogP contribution in [0.15, 0.2) is 52.0 Å². The van der Waals surface area contributed by atoms with Crippen LogP contribution in [0.3, 0.4) is 0 Å². The van der Waals surface area contributed by atoms with Crippen molar-refractivity contribution in [3.05, 3.63) is 42.5 Å². The number of carbonyl (C=O) groups is 1. The van der Waals surface area contributed by atoms with Gasteiger partial charge in [0.25, 0.3) is 5.03 Å². The Hall–Kier alpha value is -2.54. The third kappa shape index (κ3) is 3.29. The zero-order valence-corrected chi connectivity index (χ0v) is 13.5. The number of fused-ring (bicyclic) bond motifs is 1. The first-order valence-electron chi connectivity index (χ1n) is 7.04. The molecule has 23 heavy (non-hydrogen) atoms. The highest BCUT2D eigenvalue weighted by atomic mass is 32.2. The van der Waals surface area contributed by atoms with Crippen LogP contribution in [0.4, 0.5) is 5.69 Å². The summed E-state index contributed by atoms with van der Waals surface area (Å²) in [4.78, 5) is 12.3. The number of rotatable bonds is 4. The number of nitrogens with zero attached hydrogens (tertiary/aromatic N) is 2. The molecule has 0 saturated heterocycles. The van der Waals surface area contributed by atoms with Crippen molar-refractivity contribution in [3.63, 3.8) is 0 Å². The van der Waals surface area contributed by atoms with Crippen LogP contribution in [0.1, 0.15) is 6.92 Å². The maximum Gasteiger partial charge on any atom is 0.291 e. The van der Waals surface area contributed by atoms with Gasteiger partial charge in [-0.25, -0.2) is 0 Å². The van der Waals surface area contributed by atoms with Crippen molar-refractivity contribution < 1.29 is 19.1 Å². The second-order valence-corrected chi connectivity index (χ2v) is 6.43. The predicted octanol–water partition coefficient (Wildman–Crippen LogP) is 1.85. The first-order chi connectivity index (χ1) is 11.0. The molecule has 1 atom stereocenters. The molecule has 1 heterocycles. The van der Waals surface area contributed by atoms with Gasteiger partial charge in [0.15, 0.2) is 13.0 Å². The van der Waals surface area contributed by atoms with Gasteiger partial charge < -0.3 is 14.9 Å². The maximum atomic E-state index is 12.3. The fraction of sp³-hybridized carbons (Fsp3) is 0.188. The lowest BCUT2D eigenvalue weighted by atomic mass is 10.1. The van der Waals surface area contributed by atoms with E-state index in [2.05, 4.69) is 15.1 Å². The molecule has 1 N–H and O–H groups in total. The van der Waals surface area contributed by atoms with Crippen LogP contribution in [-0.4, -0.2) is 16.4 Å². The van der Waals surface area contributed by atoms with E-state index in [1.54, 1.807) is 14.0 Å². The van der Waals surface area contributed by atoms with E-state index >= 15 is 0 Å². The fourth-order valence-electron chi connectivity index (χ4n) is 2.16. The van der Waals surface area contributed by atoms with Gasteiger partial charge in [0.05, 0.1) is 10.5 Å². The average molecular weight is 329 g/mol. The predicted molar refractivity (Wildman–Crippen MR) is 85.0 cm³/mol. The first kappa shape index (κ1) is 15.4. The van der Waals surface area contributed by atoms with Crippen LogP contribution < -0.4 is 15.1 Å². The molecule has 7 heteroatoms. The molecule has 1 amide bonds. The van der Waals surface area contributed by atoms with E-state index in [-0.39, 0.29) is 5.91 Å². The van der Waals surface area contributed by atoms with E-state index in [4.69, 9.17) is 0 Å². The first-order valence-corrected chi connectivity index (χ1v) is 7.92. The average Bonchev–Trinajstić information content (AvgIpc) is 2.86. The zero-order valence-electron chi connectivity index (χ0n) is 12.6. The molecular formula is C16H15N3O3S. The SMILES string of the molecule is CC(Sc1c([O-])on[n+]1C)C(=O)Nc1ccc2ccccc2c1. The number of aryl methyl sites for hydroxylation is 1. The molecular weight excluding hydrogens is 314 g/mol. The number of hydrogen-bond donors (Lipinski definition) is 1. The zero-order chi connectivity index (χ0) is 16.4. The second kappa shape index (κ2) is 6.29. The summed E-state index contributed by atoms with van der Waals surface area (Å²) in [6, 6.07) is 13.7. The Balaban J connectivity index is 1.72. The molecule has 0 aliphatic rings. The van der Waals surface area contributed by atoms with Crippen LogP contribution in [0, 0.1) is 0 Å². The quantitative estimate of drug-likeness (QED) is 0.583. The summed E-state index contributed by atoms with van der Waals surface area (Å²) < 4.78 is 5.87. The van der Waals surface area contributed by atoms with Crippen LogP contribution in [0.25, 0.3) is 10.8 Å². The second-order valence-electron chi connectivity index (χ2n) is 5.10. The standard InChI is InChI=1S/C16H15N3O3S/c1-10(23-15-16(21)22-18-19(15)2)14(20)17-13-8-7-11-5-3-4-6-12(11)9-13/h3-10H,1-2H3,(H-,17,18,20,21). The number of benzene rings is 2. The number of carbonyl (C=O) groups excluding carboxylic acids is 1. The van der Waals surface area contributed by atoms with E-state index < -0.39 is 11.2 Å². The van der Waals surface area contributed by atoms with Crippen molar-refractivity contribution >= 4 is 34.1 Å². The van der Waals surface area contributed by atoms with E-state index in [1.807, 2.05) is 42.5 Å². The molecule has 118 valence electrons. The molecule has 3 rings (SSSR count). The van der Waals surface area contributed by atoms with Crippen molar-refractivity contribution in [2.75, 3.05) is 5.32 Å². The monoisotopic (exact) mass is 329 g/mol. The van der Waals surface area contributed by atoms with Crippen LogP contribution >= 0.6 is 11.8 Å². The molecule has 3 aromatic rings. The molecule has 0 aliphatic heterocycles. The number of amides is 1. The molecule has 1 aromatic heterocycles. The number of nitrogens with one attached hydrogen (secondary N) is 1. The van der Waals surface area contributed by atoms with Crippen molar-refractivity contribution in [1.29, 1.82) is 0 Å². The van der Waals surface area contributed by atoms with Crippen molar-refractivity contribution in [2.45, 2.75) is 17.2 Å². The maximum absolute atomic E-state index is 12.3. The van der Waals surface area contributed by atoms with Gasteiger partial charge in [0.2, 0.25) is 5.91 Å². The van der Waals surface area contributed by atoms with Gasteiger partial charge in [-0.05, 0) is 41.6 Å². The number of hydrogen-bond acceptors (Lipinski definition) is 5.